The van der Waals surface area contributed by atoms with Crippen LogP contribution < -0.4 is 10.5 Å². The normalized spacial score (nSPS) is 14.1. The number of primary amides is 1. The second-order valence-electron chi connectivity index (χ2n) is 5.71. The van der Waals surface area contributed by atoms with E-state index in [2.05, 4.69) is 10.1 Å². The Labute approximate surface area is 132 Å². The highest BCUT2D eigenvalue weighted by molar-refractivity contribution is 5.94. The number of hydrogen-bond acceptors (Lipinski definition) is 4. The molecule has 6 nitrogen and oxygen atoms in total. The first-order chi connectivity index (χ1) is 11.2. The van der Waals surface area contributed by atoms with E-state index >= 15 is 0 Å². The fourth-order valence-corrected chi connectivity index (χ4v) is 2.69. The molecule has 1 fully saturated rings. The van der Waals surface area contributed by atoms with Crippen LogP contribution in [0.4, 0.5) is 0 Å². The van der Waals surface area contributed by atoms with Gasteiger partial charge in [0.1, 0.15) is 0 Å². The molecule has 1 aliphatic rings. The summed E-state index contributed by atoms with van der Waals surface area (Å²) in [4.78, 5) is 16.1. The Kier molecular flexibility index (Phi) is 3.04. The summed E-state index contributed by atoms with van der Waals surface area (Å²) in [6.07, 6.45) is 2.26. The molecule has 2 aromatic heterocycles. The maximum Gasteiger partial charge on any atom is 0.248 e. The minimum atomic E-state index is -0.448. The Morgan fingerprint density at radius 2 is 2.13 bits per heavy atom. The number of rotatable bonds is 4. The van der Waals surface area contributed by atoms with Crippen LogP contribution in [0.3, 0.4) is 0 Å². The van der Waals surface area contributed by atoms with Gasteiger partial charge < -0.3 is 10.5 Å². The molecular formula is C17H16N4O2. The number of ether oxygens (including phenoxy) is 1. The molecule has 0 bridgehead atoms. The molecule has 1 saturated carbocycles. The van der Waals surface area contributed by atoms with Crippen molar-refractivity contribution in [1.29, 1.82) is 0 Å². The lowest BCUT2D eigenvalue weighted by molar-refractivity contribution is 0.100. The first kappa shape index (κ1) is 13.8. The van der Waals surface area contributed by atoms with Gasteiger partial charge in [-0.15, -0.1) is 5.10 Å². The lowest BCUT2D eigenvalue weighted by Crippen LogP contribution is -2.10. The molecule has 116 valence electrons. The number of aromatic nitrogens is 3. The molecule has 1 amide bonds. The average molecular weight is 308 g/mol. The van der Waals surface area contributed by atoms with Crippen LogP contribution in [0.5, 0.6) is 5.88 Å². The Bertz CT molecular complexity index is 912. The van der Waals surface area contributed by atoms with Crippen molar-refractivity contribution in [3.63, 3.8) is 0 Å². The predicted octanol–water partition coefficient (Wildman–Crippen LogP) is 2.38. The van der Waals surface area contributed by atoms with Crippen LogP contribution in [0.25, 0.3) is 16.8 Å². The SMILES string of the molecule is COc1ccc(-c2cccc(C(N)=O)c2)c2nc(C3CC3)nn12. The Hall–Kier alpha value is -2.89. The highest BCUT2D eigenvalue weighted by atomic mass is 16.5. The summed E-state index contributed by atoms with van der Waals surface area (Å²) in [6, 6.07) is 11.0. The standard InChI is InChI=1S/C17H16N4O2/c1-23-14-8-7-13(11-3-2-4-12(9-11)15(18)22)17-19-16(10-5-6-10)20-21(14)17/h2-4,7-10H,5-6H2,1H3,(H2,18,22). The average Bonchev–Trinajstić information content (AvgIpc) is 3.32. The van der Waals surface area contributed by atoms with Crippen LogP contribution in [-0.2, 0) is 0 Å². The molecule has 1 aliphatic carbocycles. The molecule has 3 aromatic rings. The molecule has 1 aromatic carbocycles. The van der Waals surface area contributed by atoms with Gasteiger partial charge in [0.25, 0.3) is 0 Å². The molecule has 0 aliphatic heterocycles. The zero-order valence-electron chi connectivity index (χ0n) is 12.7. The van der Waals surface area contributed by atoms with Crippen molar-refractivity contribution < 1.29 is 9.53 Å². The van der Waals surface area contributed by atoms with Gasteiger partial charge in [-0.05, 0) is 36.6 Å². The molecule has 0 atom stereocenters. The maximum atomic E-state index is 11.4. The monoisotopic (exact) mass is 308 g/mol. The molecule has 0 saturated heterocycles. The van der Waals surface area contributed by atoms with Crippen LogP contribution in [0.2, 0.25) is 0 Å². The largest absolute Gasteiger partial charge is 0.481 e. The van der Waals surface area contributed by atoms with Gasteiger partial charge in [-0.2, -0.15) is 4.52 Å². The molecule has 6 heteroatoms. The topological polar surface area (TPSA) is 82.5 Å². The van der Waals surface area contributed by atoms with E-state index in [1.54, 1.807) is 23.8 Å². The number of pyridine rings is 1. The summed E-state index contributed by atoms with van der Waals surface area (Å²) >= 11 is 0. The van der Waals surface area contributed by atoms with Gasteiger partial charge in [0.15, 0.2) is 11.5 Å². The first-order valence-electron chi connectivity index (χ1n) is 7.51. The summed E-state index contributed by atoms with van der Waals surface area (Å²) in [6.45, 7) is 0. The van der Waals surface area contributed by atoms with Gasteiger partial charge in [-0.1, -0.05) is 12.1 Å². The van der Waals surface area contributed by atoms with E-state index < -0.39 is 5.91 Å². The Morgan fingerprint density at radius 3 is 2.83 bits per heavy atom. The van der Waals surface area contributed by atoms with E-state index in [9.17, 15) is 4.79 Å². The third-order valence-electron chi connectivity index (χ3n) is 4.08. The van der Waals surface area contributed by atoms with E-state index in [0.717, 1.165) is 35.4 Å². The molecular weight excluding hydrogens is 292 g/mol. The quantitative estimate of drug-likeness (QED) is 0.802. The Balaban J connectivity index is 1.92. The highest BCUT2D eigenvalue weighted by Crippen LogP contribution is 2.39. The van der Waals surface area contributed by atoms with E-state index in [0.29, 0.717) is 17.4 Å². The highest BCUT2D eigenvalue weighted by Gasteiger charge is 2.29. The van der Waals surface area contributed by atoms with Gasteiger partial charge in [0, 0.05) is 23.1 Å². The second-order valence-corrected chi connectivity index (χ2v) is 5.71. The minimum absolute atomic E-state index is 0.448. The molecule has 23 heavy (non-hydrogen) atoms. The molecule has 2 N–H and O–H groups in total. The minimum Gasteiger partial charge on any atom is -0.481 e. The maximum absolute atomic E-state index is 11.4. The second kappa shape index (κ2) is 5.08. The molecule has 0 unspecified atom stereocenters. The van der Waals surface area contributed by atoms with Gasteiger partial charge in [0.2, 0.25) is 11.8 Å². The summed E-state index contributed by atoms with van der Waals surface area (Å²) in [5.74, 6) is 1.48. The van der Waals surface area contributed by atoms with Crippen molar-refractivity contribution in [2.75, 3.05) is 7.11 Å². The number of nitrogens with zero attached hydrogens (tertiary/aromatic N) is 3. The van der Waals surface area contributed by atoms with Crippen molar-refractivity contribution in [3.05, 3.63) is 47.8 Å². The first-order valence-corrected chi connectivity index (χ1v) is 7.51. The van der Waals surface area contributed by atoms with Crippen molar-refractivity contribution in [2.45, 2.75) is 18.8 Å². The van der Waals surface area contributed by atoms with Crippen LogP contribution in [0.15, 0.2) is 36.4 Å². The summed E-state index contributed by atoms with van der Waals surface area (Å²) in [5, 5.41) is 4.58. The number of amides is 1. The van der Waals surface area contributed by atoms with Gasteiger partial charge in [0.05, 0.1) is 7.11 Å². The van der Waals surface area contributed by atoms with E-state index in [4.69, 9.17) is 10.5 Å². The Morgan fingerprint density at radius 1 is 1.30 bits per heavy atom. The van der Waals surface area contributed by atoms with Crippen LogP contribution in [-0.4, -0.2) is 27.6 Å². The summed E-state index contributed by atoms with van der Waals surface area (Å²) in [5.41, 5.74) is 8.35. The van der Waals surface area contributed by atoms with E-state index in [-0.39, 0.29) is 0 Å². The van der Waals surface area contributed by atoms with Crippen molar-refractivity contribution in [3.8, 4) is 17.0 Å². The number of nitrogens with two attached hydrogens (primary N) is 1. The molecule has 0 spiro atoms. The van der Waals surface area contributed by atoms with E-state index in [1.807, 2.05) is 24.3 Å². The predicted molar refractivity (Wildman–Crippen MR) is 85.5 cm³/mol. The number of carbonyl (C=O) groups excluding carboxylic acids is 1. The smallest absolute Gasteiger partial charge is 0.248 e. The lowest BCUT2D eigenvalue weighted by Gasteiger charge is -2.07. The molecule has 2 heterocycles. The number of hydrogen-bond donors (Lipinski definition) is 1. The van der Waals surface area contributed by atoms with Gasteiger partial charge in [-0.25, -0.2) is 4.98 Å². The number of carbonyl (C=O) groups is 1. The number of fused-ring (bicyclic) bond motifs is 1. The zero-order valence-corrected chi connectivity index (χ0v) is 12.7. The van der Waals surface area contributed by atoms with Crippen molar-refractivity contribution in [2.24, 2.45) is 5.73 Å². The van der Waals surface area contributed by atoms with Crippen LogP contribution in [0, 0.1) is 0 Å². The fraction of sp³-hybridized carbons (Fsp3) is 0.235. The lowest BCUT2D eigenvalue weighted by atomic mass is 10.0. The summed E-state index contributed by atoms with van der Waals surface area (Å²) < 4.78 is 7.10. The zero-order chi connectivity index (χ0) is 16.0. The van der Waals surface area contributed by atoms with Gasteiger partial charge in [-0.3, -0.25) is 4.79 Å². The van der Waals surface area contributed by atoms with Crippen molar-refractivity contribution >= 4 is 11.6 Å². The van der Waals surface area contributed by atoms with Gasteiger partial charge >= 0.3 is 0 Å². The fourth-order valence-electron chi connectivity index (χ4n) is 2.69. The molecule has 0 radical (unpaired) electrons. The number of benzene rings is 1. The third-order valence-corrected chi connectivity index (χ3v) is 4.08. The number of methoxy groups -OCH3 is 1. The third kappa shape index (κ3) is 2.32. The van der Waals surface area contributed by atoms with Crippen molar-refractivity contribution in [1.82, 2.24) is 14.6 Å². The van der Waals surface area contributed by atoms with E-state index in [1.165, 1.54) is 0 Å². The molecule has 4 rings (SSSR count). The summed E-state index contributed by atoms with van der Waals surface area (Å²) in [7, 11) is 1.61. The van der Waals surface area contributed by atoms with Crippen LogP contribution >= 0.6 is 0 Å². The van der Waals surface area contributed by atoms with Crippen LogP contribution in [0.1, 0.15) is 34.9 Å².